The molecule has 1 aromatic heterocycles. The van der Waals surface area contributed by atoms with Gasteiger partial charge in [-0.2, -0.15) is 0 Å². The summed E-state index contributed by atoms with van der Waals surface area (Å²) < 4.78 is 15.6. The number of para-hydroxylation sites is 1. The first kappa shape index (κ1) is 10.1. The van der Waals surface area contributed by atoms with E-state index in [2.05, 4.69) is 22.8 Å². The quantitative estimate of drug-likeness (QED) is 0.624. The van der Waals surface area contributed by atoms with Gasteiger partial charge in [0.05, 0.1) is 6.54 Å². The predicted octanol–water partition coefficient (Wildman–Crippen LogP) is 3.83. The van der Waals surface area contributed by atoms with Crippen LogP contribution in [0.3, 0.4) is 0 Å². The summed E-state index contributed by atoms with van der Waals surface area (Å²) in [5.41, 5.74) is 1.85. The van der Waals surface area contributed by atoms with Crippen LogP contribution in [-0.2, 0) is 6.54 Å². The summed E-state index contributed by atoms with van der Waals surface area (Å²) in [5.74, 6) is -0.148. The molecule has 0 spiro atoms. The van der Waals surface area contributed by atoms with Crippen LogP contribution in [0.2, 0.25) is 0 Å². The molecular formula is C15H12FN. The minimum atomic E-state index is -0.148. The van der Waals surface area contributed by atoms with E-state index in [9.17, 15) is 4.39 Å². The van der Waals surface area contributed by atoms with Crippen molar-refractivity contribution in [2.24, 2.45) is 0 Å². The van der Waals surface area contributed by atoms with Gasteiger partial charge in [0.25, 0.3) is 0 Å². The highest BCUT2D eigenvalue weighted by atomic mass is 19.1. The maximum atomic E-state index is 13.6. The molecule has 0 aliphatic heterocycles. The maximum Gasteiger partial charge on any atom is 0.128 e. The van der Waals surface area contributed by atoms with E-state index in [4.69, 9.17) is 0 Å². The molecule has 3 aromatic rings. The van der Waals surface area contributed by atoms with Crippen LogP contribution in [0.25, 0.3) is 10.9 Å². The van der Waals surface area contributed by atoms with Crippen LogP contribution in [0.4, 0.5) is 4.39 Å². The molecule has 0 bridgehead atoms. The van der Waals surface area contributed by atoms with Crippen LogP contribution in [0.5, 0.6) is 0 Å². The van der Waals surface area contributed by atoms with Crippen molar-refractivity contribution in [2.75, 3.05) is 0 Å². The lowest BCUT2D eigenvalue weighted by atomic mass is 10.2. The lowest BCUT2D eigenvalue weighted by Gasteiger charge is -2.06. The summed E-state index contributed by atoms with van der Waals surface area (Å²) in [5, 5.41) is 1.18. The van der Waals surface area contributed by atoms with Crippen molar-refractivity contribution in [3.05, 3.63) is 72.2 Å². The molecule has 0 fully saturated rings. The first-order valence-corrected chi connectivity index (χ1v) is 5.62. The number of benzene rings is 2. The van der Waals surface area contributed by atoms with Gasteiger partial charge in [-0.3, -0.25) is 0 Å². The Hall–Kier alpha value is -2.09. The summed E-state index contributed by atoms with van der Waals surface area (Å²) in [6, 6.07) is 17.1. The van der Waals surface area contributed by atoms with E-state index in [-0.39, 0.29) is 5.82 Å². The molecule has 0 radical (unpaired) electrons. The number of hydrogen-bond donors (Lipinski definition) is 0. The molecule has 0 saturated heterocycles. The zero-order valence-corrected chi connectivity index (χ0v) is 9.31. The van der Waals surface area contributed by atoms with Gasteiger partial charge in [-0.05, 0) is 23.6 Å². The van der Waals surface area contributed by atoms with Crippen molar-refractivity contribution < 1.29 is 4.39 Å². The van der Waals surface area contributed by atoms with E-state index in [0.29, 0.717) is 12.1 Å². The number of hydrogen-bond acceptors (Lipinski definition) is 0. The molecule has 1 heterocycles. The molecule has 2 heteroatoms. The summed E-state index contributed by atoms with van der Waals surface area (Å²) in [4.78, 5) is 0. The molecule has 0 aliphatic carbocycles. The highest BCUT2D eigenvalue weighted by molar-refractivity contribution is 5.80. The van der Waals surface area contributed by atoms with Crippen LogP contribution in [-0.4, -0.2) is 4.57 Å². The molecule has 17 heavy (non-hydrogen) atoms. The molecule has 3 rings (SSSR count). The molecule has 0 saturated carbocycles. The monoisotopic (exact) mass is 225 g/mol. The molecule has 2 aromatic carbocycles. The first-order chi connectivity index (χ1) is 8.34. The van der Waals surface area contributed by atoms with Crippen LogP contribution in [0, 0.1) is 5.82 Å². The summed E-state index contributed by atoms with van der Waals surface area (Å²) in [7, 11) is 0. The van der Waals surface area contributed by atoms with Crippen molar-refractivity contribution in [2.45, 2.75) is 6.54 Å². The van der Waals surface area contributed by atoms with E-state index in [1.54, 1.807) is 6.07 Å². The van der Waals surface area contributed by atoms with Gasteiger partial charge in [0.2, 0.25) is 0 Å². The Balaban J connectivity index is 2.03. The average Bonchev–Trinajstić information content (AvgIpc) is 2.76. The van der Waals surface area contributed by atoms with Gasteiger partial charge < -0.3 is 4.57 Å². The highest BCUT2D eigenvalue weighted by Crippen LogP contribution is 2.17. The second-order valence-corrected chi connectivity index (χ2v) is 4.09. The number of aromatic nitrogens is 1. The summed E-state index contributed by atoms with van der Waals surface area (Å²) in [6.07, 6.45) is 2.00. The molecule has 1 nitrogen and oxygen atoms in total. The van der Waals surface area contributed by atoms with Crippen molar-refractivity contribution in [3.8, 4) is 0 Å². The third-order valence-electron chi connectivity index (χ3n) is 2.98. The standard InChI is InChI=1S/C15H12FN/c16-14-7-3-1-6-13(14)11-17-10-9-12-5-2-4-8-15(12)17/h1-10H,11H2. The Morgan fingerprint density at radius 3 is 2.53 bits per heavy atom. The van der Waals surface area contributed by atoms with E-state index >= 15 is 0 Å². The minimum Gasteiger partial charge on any atom is -0.343 e. The van der Waals surface area contributed by atoms with E-state index in [1.807, 2.05) is 30.5 Å². The SMILES string of the molecule is Fc1ccccc1Cn1ccc2ccccc21. The van der Waals surface area contributed by atoms with Crippen LogP contribution in [0.1, 0.15) is 5.56 Å². The second kappa shape index (κ2) is 4.06. The Morgan fingerprint density at radius 2 is 1.65 bits per heavy atom. The van der Waals surface area contributed by atoms with Gasteiger partial charge in [-0.1, -0.05) is 36.4 Å². The second-order valence-electron chi connectivity index (χ2n) is 4.09. The zero-order valence-electron chi connectivity index (χ0n) is 9.31. The fraction of sp³-hybridized carbons (Fsp3) is 0.0667. The van der Waals surface area contributed by atoms with Crippen LogP contribution >= 0.6 is 0 Å². The molecule has 0 amide bonds. The fourth-order valence-corrected chi connectivity index (χ4v) is 2.09. The van der Waals surface area contributed by atoms with E-state index in [0.717, 1.165) is 5.52 Å². The van der Waals surface area contributed by atoms with Gasteiger partial charge >= 0.3 is 0 Å². The van der Waals surface area contributed by atoms with Gasteiger partial charge in [-0.25, -0.2) is 4.39 Å². The first-order valence-electron chi connectivity index (χ1n) is 5.62. The fourth-order valence-electron chi connectivity index (χ4n) is 2.09. The number of halogens is 1. The number of rotatable bonds is 2. The van der Waals surface area contributed by atoms with Crippen LogP contribution < -0.4 is 0 Å². The largest absolute Gasteiger partial charge is 0.343 e. The number of nitrogens with zero attached hydrogens (tertiary/aromatic N) is 1. The maximum absolute atomic E-state index is 13.6. The normalized spacial score (nSPS) is 10.9. The van der Waals surface area contributed by atoms with Crippen LogP contribution in [0.15, 0.2) is 60.8 Å². The minimum absolute atomic E-state index is 0.148. The molecule has 0 atom stereocenters. The Morgan fingerprint density at radius 1 is 0.882 bits per heavy atom. The molecule has 0 N–H and O–H groups in total. The third-order valence-corrected chi connectivity index (χ3v) is 2.98. The highest BCUT2D eigenvalue weighted by Gasteiger charge is 2.04. The van der Waals surface area contributed by atoms with Crippen molar-refractivity contribution in [1.82, 2.24) is 4.57 Å². The molecule has 0 aliphatic rings. The van der Waals surface area contributed by atoms with Crippen molar-refractivity contribution >= 4 is 10.9 Å². The third kappa shape index (κ3) is 1.82. The van der Waals surface area contributed by atoms with E-state index < -0.39 is 0 Å². The Labute approximate surface area is 99.1 Å². The van der Waals surface area contributed by atoms with Gasteiger partial charge in [0.15, 0.2) is 0 Å². The molecule has 0 unspecified atom stereocenters. The van der Waals surface area contributed by atoms with Gasteiger partial charge in [0.1, 0.15) is 5.82 Å². The summed E-state index contributed by atoms with van der Waals surface area (Å²) >= 11 is 0. The Kier molecular flexibility index (Phi) is 2.41. The van der Waals surface area contributed by atoms with Crippen molar-refractivity contribution in [1.29, 1.82) is 0 Å². The molecular weight excluding hydrogens is 213 g/mol. The predicted molar refractivity (Wildman–Crippen MR) is 67.4 cm³/mol. The lowest BCUT2D eigenvalue weighted by molar-refractivity contribution is 0.602. The number of fused-ring (bicyclic) bond motifs is 1. The molecule has 84 valence electrons. The summed E-state index contributed by atoms with van der Waals surface area (Å²) in [6.45, 7) is 0.570. The topological polar surface area (TPSA) is 4.93 Å². The van der Waals surface area contributed by atoms with E-state index in [1.165, 1.54) is 11.5 Å². The van der Waals surface area contributed by atoms with Gasteiger partial charge in [0, 0.05) is 17.3 Å². The smallest absolute Gasteiger partial charge is 0.128 e. The zero-order chi connectivity index (χ0) is 11.7. The Bertz CT molecular complexity index is 655. The lowest BCUT2D eigenvalue weighted by Crippen LogP contribution is -1.99. The average molecular weight is 225 g/mol. The van der Waals surface area contributed by atoms with Crippen molar-refractivity contribution in [3.63, 3.8) is 0 Å². The van der Waals surface area contributed by atoms with Gasteiger partial charge in [-0.15, -0.1) is 0 Å².